The van der Waals surface area contributed by atoms with Crippen LogP contribution < -0.4 is 10.2 Å². The van der Waals surface area contributed by atoms with Crippen molar-refractivity contribution in [3.05, 3.63) is 53.9 Å². The molecule has 0 bridgehead atoms. The van der Waals surface area contributed by atoms with Gasteiger partial charge in [-0.3, -0.25) is 4.98 Å². The number of anilines is 2. The van der Waals surface area contributed by atoms with E-state index in [1.54, 1.807) is 0 Å². The van der Waals surface area contributed by atoms with Crippen LogP contribution in [0, 0.1) is 6.92 Å². The van der Waals surface area contributed by atoms with Crippen molar-refractivity contribution in [3.63, 3.8) is 0 Å². The van der Waals surface area contributed by atoms with Crippen molar-refractivity contribution < 1.29 is 0 Å². The Hall–Kier alpha value is -1.87. The van der Waals surface area contributed by atoms with Gasteiger partial charge in [-0.25, -0.2) is 0 Å². The van der Waals surface area contributed by atoms with E-state index in [4.69, 9.17) is 0 Å². The second-order valence-electron chi connectivity index (χ2n) is 5.30. The monoisotopic (exact) mass is 283 g/mol. The molecule has 0 radical (unpaired) electrons. The van der Waals surface area contributed by atoms with E-state index in [1.807, 2.05) is 6.20 Å². The van der Waals surface area contributed by atoms with Crippen LogP contribution in [0.2, 0.25) is 0 Å². The van der Waals surface area contributed by atoms with Gasteiger partial charge < -0.3 is 10.2 Å². The van der Waals surface area contributed by atoms with Crippen LogP contribution in [0.3, 0.4) is 0 Å². The lowest BCUT2D eigenvalue weighted by atomic mass is 10.1. The highest BCUT2D eigenvalue weighted by Gasteiger charge is 2.10. The summed E-state index contributed by atoms with van der Waals surface area (Å²) in [6.07, 6.45) is 1.97. The number of hydrogen-bond acceptors (Lipinski definition) is 3. The first-order valence-corrected chi connectivity index (χ1v) is 7.69. The number of pyridine rings is 1. The lowest BCUT2D eigenvalue weighted by molar-refractivity contribution is 0.583. The maximum atomic E-state index is 4.61. The molecule has 0 fully saturated rings. The molecule has 0 saturated carbocycles. The van der Waals surface area contributed by atoms with Gasteiger partial charge in [-0.05, 0) is 57.1 Å². The normalized spacial score (nSPS) is 12.2. The molecule has 0 spiro atoms. The van der Waals surface area contributed by atoms with Crippen molar-refractivity contribution in [2.24, 2.45) is 0 Å². The molecule has 1 aromatic heterocycles. The smallest absolute Gasteiger partial charge is 0.0597 e. The molecule has 1 N–H and O–H groups in total. The van der Waals surface area contributed by atoms with Gasteiger partial charge in [0, 0.05) is 18.3 Å². The summed E-state index contributed by atoms with van der Waals surface area (Å²) in [5.74, 6) is 0. The van der Waals surface area contributed by atoms with Crippen molar-refractivity contribution in [2.45, 2.75) is 33.7 Å². The van der Waals surface area contributed by atoms with E-state index in [9.17, 15) is 0 Å². The third-order valence-corrected chi connectivity index (χ3v) is 3.67. The molecule has 0 amide bonds. The summed E-state index contributed by atoms with van der Waals surface area (Å²) < 4.78 is 0. The highest BCUT2D eigenvalue weighted by atomic mass is 15.1. The van der Waals surface area contributed by atoms with Crippen molar-refractivity contribution in [2.75, 3.05) is 18.0 Å². The minimum Gasteiger partial charge on any atom is -0.341 e. The predicted octanol–water partition coefficient (Wildman–Crippen LogP) is 4.22. The minimum absolute atomic E-state index is 0.290. The van der Waals surface area contributed by atoms with Crippen molar-refractivity contribution >= 4 is 11.4 Å². The minimum atomic E-state index is 0.290. The molecule has 3 nitrogen and oxygen atoms in total. The first kappa shape index (κ1) is 15.5. The summed E-state index contributed by atoms with van der Waals surface area (Å²) in [6, 6.07) is 13.1. The van der Waals surface area contributed by atoms with Crippen molar-refractivity contribution in [1.82, 2.24) is 10.3 Å². The first-order valence-electron chi connectivity index (χ1n) is 7.69. The number of aromatic nitrogens is 1. The van der Waals surface area contributed by atoms with Crippen LogP contribution in [0.1, 0.15) is 38.1 Å². The molecular weight excluding hydrogens is 258 g/mol. The highest BCUT2D eigenvalue weighted by molar-refractivity contribution is 5.63. The largest absolute Gasteiger partial charge is 0.341 e. The number of hydrogen-bond donors (Lipinski definition) is 1. The molecule has 0 aliphatic heterocycles. The number of nitrogens with zero attached hydrogens (tertiary/aromatic N) is 2. The van der Waals surface area contributed by atoms with E-state index < -0.39 is 0 Å². The Labute approximate surface area is 128 Å². The second-order valence-corrected chi connectivity index (χ2v) is 5.30. The van der Waals surface area contributed by atoms with Gasteiger partial charge in [0.25, 0.3) is 0 Å². The van der Waals surface area contributed by atoms with Gasteiger partial charge in [0.2, 0.25) is 0 Å². The van der Waals surface area contributed by atoms with E-state index in [2.05, 4.69) is 79.3 Å². The highest BCUT2D eigenvalue weighted by Crippen LogP contribution is 2.25. The standard InChI is InChI=1S/C18H25N3/c1-5-19-15(4)18-11-10-17(13-20-18)21(6-2)16-9-7-8-14(3)12-16/h7-13,15,19H,5-6H2,1-4H3. The average Bonchev–Trinajstić information content (AvgIpc) is 2.49. The zero-order chi connectivity index (χ0) is 15.2. The number of nitrogens with one attached hydrogen (secondary N) is 1. The molecule has 1 unspecified atom stereocenters. The number of rotatable bonds is 6. The second kappa shape index (κ2) is 7.23. The van der Waals surface area contributed by atoms with Crippen molar-refractivity contribution in [3.8, 4) is 0 Å². The molecular formula is C18H25N3. The lowest BCUT2D eigenvalue weighted by Crippen LogP contribution is -2.20. The molecule has 1 heterocycles. The van der Waals surface area contributed by atoms with E-state index >= 15 is 0 Å². The Bertz CT molecular complexity index is 563. The fraction of sp³-hybridized carbons (Fsp3) is 0.389. The molecule has 21 heavy (non-hydrogen) atoms. The average molecular weight is 283 g/mol. The summed E-state index contributed by atoms with van der Waals surface area (Å²) in [4.78, 5) is 6.89. The fourth-order valence-corrected chi connectivity index (χ4v) is 2.53. The Morgan fingerprint density at radius 1 is 1.14 bits per heavy atom. The molecule has 2 aromatic rings. The predicted molar refractivity (Wildman–Crippen MR) is 90.2 cm³/mol. The fourth-order valence-electron chi connectivity index (χ4n) is 2.53. The summed E-state index contributed by atoms with van der Waals surface area (Å²) >= 11 is 0. The van der Waals surface area contributed by atoms with Crippen LogP contribution in [-0.4, -0.2) is 18.1 Å². The first-order chi connectivity index (χ1) is 10.2. The van der Waals surface area contributed by atoms with Crippen LogP contribution in [0.4, 0.5) is 11.4 Å². The zero-order valence-electron chi connectivity index (χ0n) is 13.4. The van der Waals surface area contributed by atoms with Crippen LogP contribution in [0.25, 0.3) is 0 Å². The van der Waals surface area contributed by atoms with Gasteiger partial charge in [-0.2, -0.15) is 0 Å². The molecule has 112 valence electrons. The maximum Gasteiger partial charge on any atom is 0.0597 e. The number of benzene rings is 1. The van der Waals surface area contributed by atoms with Crippen LogP contribution >= 0.6 is 0 Å². The van der Waals surface area contributed by atoms with Gasteiger partial charge in [0.05, 0.1) is 17.6 Å². The molecule has 2 rings (SSSR count). The Morgan fingerprint density at radius 2 is 1.95 bits per heavy atom. The van der Waals surface area contributed by atoms with E-state index in [0.29, 0.717) is 0 Å². The summed E-state index contributed by atoms with van der Waals surface area (Å²) in [5, 5.41) is 3.39. The Morgan fingerprint density at radius 3 is 2.52 bits per heavy atom. The summed E-state index contributed by atoms with van der Waals surface area (Å²) in [6.45, 7) is 10.4. The Kier molecular flexibility index (Phi) is 5.34. The van der Waals surface area contributed by atoms with E-state index in [-0.39, 0.29) is 6.04 Å². The molecule has 3 heteroatoms. The zero-order valence-corrected chi connectivity index (χ0v) is 13.4. The summed E-state index contributed by atoms with van der Waals surface area (Å²) in [5.41, 5.74) is 4.71. The SMILES string of the molecule is CCNC(C)c1ccc(N(CC)c2cccc(C)c2)cn1. The van der Waals surface area contributed by atoms with Crippen LogP contribution in [0.5, 0.6) is 0 Å². The molecule has 1 aromatic carbocycles. The third-order valence-electron chi connectivity index (χ3n) is 3.67. The summed E-state index contributed by atoms with van der Waals surface area (Å²) in [7, 11) is 0. The molecule has 1 atom stereocenters. The molecule has 0 aliphatic carbocycles. The molecule has 0 saturated heterocycles. The van der Waals surface area contributed by atoms with E-state index in [1.165, 1.54) is 11.3 Å². The van der Waals surface area contributed by atoms with E-state index in [0.717, 1.165) is 24.5 Å². The van der Waals surface area contributed by atoms with Gasteiger partial charge in [0.15, 0.2) is 0 Å². The quantitative estimate of drug-likeness (QED) is 0.860. The third kappa shape index (κ3) is 3.82. The number of aryl methyl sites for hydroxylation is 1. The molecule has 0 aliphatic rings. The van der Waals surface area contributed by atoms with Gasteiger partial charge in [-0.15, -0.1) is 0 Å². The van der Waals surface area contributed by atoms with Crippen molar-refractivity contribution in [1.29, 1.82) is 0 Å². The van der Waals surface area contributed by atoms with Gasteiger partial charge in [-0.1, -0.05) is 19.1 Å². The van der Waals surface area contributed by atoms with Gasteiger partial charge in [0.1, 0.15) is 0 Å². The van der Waals surface area contributed by atoms with Crippen LogP contribution in [-0.2, 0) is 0 Å². The Balaban J connectivity index is 2.23. The topological polar surface area (TPSA) is 28.2 Å². The lowest BCUT2D eigenvalue weighted by Gasteiger charge is -2.24. The maximum absolute atomic E-state index is 4.61. The van der Waals surface area contributed by atoms with Gasteiger partial charge >= 0.3 is 0 Å². The van der Waals surface area contributed by atoms with Crippen LogP contribution in [0.15, 0.2) is 42.6 Å².